The van der Waals surface area contributed by atoms with E-state index in [9.17, 15) is 4.57 Å². The molecule has 4 rings (SSSR count). The van der Waals surface area contributed by atoms with Gasteiger partial charge in [0.2, 0.25) is 0 Å². The van der Waals surface area contributed by atoms with Crippen molar-refractivity contribution in [2.24, 2.45) is 5.92 Å². The minimum absolute atomic E-state index is 0.0627. The highest BCUT2D eigenvalue weighted by atomic mass is 31.2. The van der Waals surface area contributed by atoms with Crippen LogP contribution < -0.4 is 5.73 Å². The van der Waals surface area contributed by atoms with Gasteiger partial charge in [-0.25, -0.2) is 14.1 Å². The summed E-state index contributed by atoms with van der Waals surface area (Å²) in [5.41, 5.74) is 7.45. The molecule has 0 unspecified atom stereocenters. The number of nitrogens with two attached hydrogens (primary N) is 1. The zero-order valence-electron chi connectivity index (χ0n) is 14.2. The molecule has 0 saturated carbocycles. The number of ether oxygens (including phenoxy) is 1. The Labute approximate surface area is 145 Å². The Kier molecular flexibility index (Phi) is 4.09. The lowest BCUT2D eigenvalue weighted by Gasteiger charge is -2.32. The Morgan fingerprint density at radius 2 is 2.24 bits per heavy atom. The molecule has 0 aliphatic carbocycles. The van der Waals surface area contributed by atoms with E-state index in [0.717, 1.165) is 5.69 Å². The fourth-order valence-electron chi connectivity index (χ4n) is 3.38. The van der Waals surface area contributed by atoms with E-state index >= 15 is 0 Å². The fourth-order valence-corrected chi connectivity index (χ4v) is 5.03. The van der Waals surface area contributed by atoms with Gasteiger partial charge < -0.3 is 10.5 Å². The summed E-state index contributed by atoms with van der Waals surface area (Å²) in [5, 5.41) is 4.26. The van der Waals surface area contributed by atoms with Crippen molar-refractivity contribution in [1.82, 2.24) is 14.6 Å². The molecule has 2 aromatic rings. The third-order valence-corrected chi connectivity index (χ3v) is 6.12. The third-order valence-electron chi connectivity index (χ3n) is 4.47. The standard InChI is InChI=1S/C15H21N4O5P/c1-8(2)23-25(20)21-6-12-14(24-25)9(3)13(22-12)10-4-5-11-15(16)17-7-18-19(10)11/h4-5,7-9,12-14H,6H2,1-3H3,(H2,16,17,18)/t9-,12-,13-,14+,25+/m1/s1. The van der Waals surface area contributed by atoms with Gasteiger partial charge in [-0.2, -0.15) is 5.10 Å². The average molecular weight is 368 g/mol. The van der Waals surface area contributed by atoms with E-state index in [1.54, 1.807) is 18.4 Å². The van der Waals surface area contributed by atoms with Crippen molar-refractivity contribution in [3.8, 4) is 0 Å². The van der Waals surface area contributed by atoms with Gasteiger partial charge >= 0.3 is 7.82 Å². The van der Waals surface area contributed by atoms with Gasteiger partial charge in [-0.05, 0) is 26.0 Å². The van der Waals surface area contributed by atoms with E-state index in [1.807, 2.05) is 19.1 Å². The lowest BCUT2D eigenvalue weighted by Crippen LogP contribution is -2.36. The van der Waals surface area contributed by atoms with Crippen LogP contribution in [0.3, 0.4) is 0 Å². The summed E-state index contributed by atoms with van der Waals surface area (Å²) in [6.45, 7) is 5.72. The van der Waals surface area contributed by atoms with E-state index < -0.39 is 7.82 Å². The number of phosphoric ester groups is 1. The second kappa shape index (κ2) is 6.03. The number of rotatable bonds is 3. The second-order valence-electron chi connectivity index (χ2n) is 6.62. The first-order valence-corrected chi connectivity index (χ1v) is 9.69. The highest BCUT2D eigenvalue weighted by molar-refractivity contribution is 7.48. The number of hydrogen-bond donors (Lipinski definition) is 1. The Morgan fingerprint density at radius 3 is 3.00 bits per heavy atom. The summed E-state index contributed by atoms with van der Waals surface area (Å²) >= 11 is 0. The van der Waals surface area contributed by atoms with Crippen LogP contribution in [0, 0.1) is 5.92 Å². The summed E-state index contributed by atoms with van der Waals surface area (Å²) in [6, 6.07) is 3.76. The van der Waals surface area contributed by atoms with Crippen LogP contribution in [-0.2, 0) is 22.9 Å². The van der Waals surface area contributed by atoms with Gasteiger partial charge in [0.1, 0.15) is 30.2 Å². The van der Waals surface area contributed by atoms with Crippen LogP contribution in [0.25, 0.3) is 5.52 Å². The SMILES string of the molecule is CC(C)O[P@]1(=O)OC[C@H]2O[C@@H](c3ccc4c(N)ncnn34)[C@@H](C)[C@@H]2O1. The van der Waals surface area contributed by atoms with E-state index in [1.165, 1.54) is 6.33 Å². The van der Waals surface area contributed by atoms with Gasteiger partial charge in [-0.15, -0.1) is 0 Å². The molecule has 2 saturated heterocycles. The maximum atomic E-state index is 12.6. The summed E-state index contributed by atoms with van der Waals surface area (Å²) in [5.74, 6) is 0.339. The molecule has 4 heterocycles. The lowest BCUT2D eigenvalue weighted by molar-refractivity contribution is -0.0633. The molecule has 0 aromatic carbocycles. The lowest BCUT2D eigenvalue weighted by atomic mass is 9.97. The Bertz CT molecular complexity index is 840. The molecule has 2 aromatic heterocycles. The molecule has 2 aliphatic rings. The number of anilines is 1. The predicted molar refractivity (Wildman–Crippen MR) is 88.8 cm³/mol. The van der Waals surface area contributed by atoms with Gasteiger partial charge in [-0.1, -0.05) is 6.92 Å². The molecule has 5 atom stereocenters. The molecule has 9 nitrogen and oxygen atoms in total. The molecular weight excluding hydrogens is 347 g/mol. The van der Waals surface area contributed by atoms with Crippen LogP contribution >= 0.6 is 7.82 Å². The number of nitrogens with zero attached hydrogens (tertiary/aromatic N) is 3. The van der Waals surface area contributed by atoms with Crippen molar-refractivity contribution in [1.29, 1.82) is 0 Å². The minimum atomic E-state index is -3.57. The summed E-state index contributed by atoms with van der Waals surface area (Å²) in [4.78, 5) is 3.99. The molecule has 0 amide bonds. The maximum Gasteiger partial charge on any atom is 0.475 e. The number of aromatic nitrogens is 3. The molecule has 25 heavy (non-hydrogen) atoms. The molecule has 10 heteroatoms. The van der Waals surface area contributed by atoms with Crippen LogP contribution in [-0.4, -0.2) is 39.5 Å². The van der Waals surface area contributed by atoms with Crippen molar-refractivity contribution in [3.05, 3.63) is 24.2 Å². The molecule has 136 valence electrons. The smallest absolute Gasteiger partial charge is 0.382 e. The van der Waals surface area contributed by atoms with E-state index in [2.05, 4.69) is 10.1 Å². The molecule has 0 radical (unpaired) electrons. The fraction of sp³-hybridized carbons (Fsp3) is 0.600. The minimum Gasteiger partial charge on any atom is -0.382 e. The molecule has 2 N–H and O–H groups in total. The third kappa shape index (κ3) is 2.86. The molecule has 2 aliphatic heterocycles. The molecule has 2 fully saturated rings. The maximum absolute atomic E-state index is 12.6. The summed E-state index contributed by atoms with van der Waals surface area (Å²) < 4.78 is 36.9. The second-order valence-corrected chi connectivity index (χ2v) is 8.20. The van der Waals surface area contributed by atoms with E-state index in [4.69, 9.17) is 24.0 Å². The van der Waals surface area contributed by atoms with E-state index in [0.29, 0.717) is 11.3 Å². The Balaban J connectivity index is 1.62. The van der Waals surface area contributed by atoms with Crippen molar-refractivity contribution >= 4 is 19.2 Å². The van der Waals surface area contributed by atoms with Crippen molar-refractivity contribution in [2.75, 3.05) is 12.3 Å². The topological polar surface area (TPSA) is 110 Å². The van der Waals surface area contributed by atoms with Gasteiger partial charge in [0.15, 0.2) is 5.82 Å². The van der Waals surface area contributed by atoms with Crippen LogP contribution in [0.5, 0.6) is 0 Å². The summed E-state index contributed by atoms with van der Waals surface area (Å²) in [6.07, 6.45) is 0.157. The van der Waals surface area contributed by atoms with Crippen LogP contribution in [0.4, 0.5) is 5.82 Å². The van der Waals surface area contributed by atoms with Gasteiger partial charge in [0, 0.05) is 5.92 Å². The zero-order chi connectivity index (χ0) is 17.8. The molecular formula is C15H21N4O5P. The molecule has 0 bridgehead atoms. The van der Waals surface area contributed by atoms with Crippen molar-refractivity contribution in [2.45, 2.75) is 45.2 Å². The highest BCUT2D eigenvalue weighted by Gasteiger charge is 2.52. The van der Waals surface area contributed by atoms with E-state index in [-0.39, 0.29) is 36.9 Å². The largest absolute Gasteiger partial charge is 0.475 e. The average Bonchev–Trinajstić information content (AvgIpc) is 3.09. The van der Waals surface area contributed by atoms with Gasteiger partial charge in [-0.3, -0.25) is 13.6 Å². The Hall–Kier alpha value is -1.51. The first-order valence-electron chi connectivity index (χ1n) is 8.23. The normalized spacial score (nSPS) is 35.4. The number of fused-ring (bicyclic) bond motifs is 2. The predicted octanol–water partition coefficient (Wildman–Crippen LogP) is 2.34. The number of nitrogen functional groups attached to an aromatic ring is 1. The molecule has 0 spiro atoms. The summed E-state index contributed by atoms with van der Waals surface area (Å²) in [7, 11) is -3.57. The van der Waals surface area contributed by atoms with Crippen molar-refractivity contribution in [3.63, 3.8) is 0 Å². The Morgan fingerprint density at radius 1 is 1.44 bits per heavy atom. The monoisotopic (exact) mass is 368 g/mol. The van der Waals surface area contributed by atoms with Crippen molar-refractivity contribution < 1.29 is 22.9 Å². The number of phosphoric acid groups is 1. The van der Waals surface area contributed by atoms with Gasteiger partial charge in [0.25, 0.3) is 0 Å². The highest BCUT2D eigenvalue weighted by Crippen LogP contribution is 2.58. The van der Waals surface area contributed by atoms with Crippen LogP contribution in [0.15, 0.2) is 18.5 Å². The first kappa shape index (κ1) is 16.9. The zero-order valence-corrected chi connectivity index (χ0v) is 15.1. The quantitative estimate of drug-likeness (QED) is 0.822. The van der Waals surface area contributed by atoms with Gasteiger partial charge in [0.05, 0.1) is 18.4 Å². The number of hydrogen-bond acceptors (Lipinski definition) is 8. The van der Waals surface area contributed by atoms with Crippen LogP contribution in [0.2, 0.25) is 0 Å². The first-order chi connectivity index (χ1) is 11.9. The van der Waals surface area contributed by atoms with Crippen LogP contribution in [0.1, 0.15) is 32.6 Å².